The molecule has 1 heterocycles. The summed E-state index contributed by atoms with van der Waals surface area (Å²) in [6.07, 6.45) is 2.45. The number of hydrogen-bond donors (Lipinski definition) is 2. The topological polar surface area (TPSA) is 49.3 Å². The van der Waals surface area contributed by atoms with E-state index >= 15 is 0 Å². The number of amides is 1. The van der Waals surface area contributed by atoms with Gasteiger partial charge in [-0.25, -0.2) is 0 Å². The van der Waals surface area contributed by atoms with Gasteiger partial charge in [-0.15, -0.1) is 0 Å². The number of benzene rings is 1. The minimum absolute atomic E-state index is 0.0332. The molecule has 1 saturated heterocycles. The molecule has 3 nitrogen and oxygen atoms in total. The van der Waals surface area contributed by atoms with Crippen LogP contribution in [0.4, 0.5) is 0 Å². The highest BCUT2D eigenvalue weighted by atomic mass is 32.2. The average Bonchev–Trinajstić information content (AvgIpc) is 2.96. The van der Waals surface area contributed by atoms with Gasteiger partial charge in [-0.3, -0.25) is 4.79 Å². The van der Waals surface area contributed by atoms with Crippen molar-refractivity contribution in [1.29, 1.82) is 0 Å². The fraction of sp³-hybridized carbons (Fsp3) is 0.400. The quantitative estimate of drug-likeness (QED) is 0.825. The SMILES string of the molecule is O=C(NCC1CCCS1)c1ccc(C#CCO)cc1. The summed E-state index contributed by atoms with van der Waals surface area (Å²) >= 11 is 1.93. The second-order valence-corrected chi connectivity index (χ2v) is 5.79. The molecule has 0 aromatic heterocycles. The summed E-state index contributed by atoms with van der Waals surface area (Å²) in [7, 11) is 0. The molecule has 2 rings (SSSR count). The lowest BCUT2D eigenvalue weighted by molar-refractivity contribution is 0.0953. The molecular weight excluding hydrogens is 258 g/mol. The predicted octanol–water partition coefficient (Wildman–Crippen LogP) is 1.66. The molecule has 1 fully saturated rings. The first-order chi connectivity index (χ1) is 9.29. The Morgan fingerprint density at radius 3 is 2.84 bits per heavy atom. The van der Waals surface area contributed by atoms with Crippen LogP contribution in [0.1, 0.15) is 28.8 Å². The molecule has 1 aliphatic rings. The van der Waals surface area contributed by atoms with Crippen molar-refractivity contribution in [3.8, 4) is 11.8 Å². The van der Waals surface area contributed by atoms with Gasteiger partial charge in [0.25, 0.3) is 5.91 Å². The molecule has 19 heavy (non-hydrogen) atoms. The van der Waals surface area contributed by atoms with Gasteiger partial charge >= 0.3 is 0 Å². The van der Waals surface area contributed by atoms with Crippen molar-refractivity contribution in [3.05, 3.63) is 35.4 Å². The normalized spacial score (nSPS) is 17.6. The van der Waals surface area contributed by atoms with Gasteiger partial charge in [-0.2, -0.15) is 11.8 Å². The van der Waals surface area contributed by atoms with E-state index in [9.17, 15) is 4.79 Å². The Balaban J connectivity index is 1.88. The van der Waals surface area contributed by atoms with E-state index in [0.29, 0.717) is 10.8 Å². The molecule has 1 aliphatic heterocycles. The summed E-state index contributed by atoms with van der Waals surface area (Å²) in [5.41, 5.74) is 1.45. The lowest BCUT2D eigenvalue weighted by Gasteiger charge is -2.10. The summed E-state index contributed by atoms with van der Waals surface area (Å²) in [5.74, 6) is 6.55. The van der Waals surface area contributed by atoms with Crippen LogP contribution >= 0.6 is 11.8 Å². The standard InChI is InChI=1S/C15H17NO2S/c17-9-1-3-12-5-7-13(8-6-12)15(18)16-11-14-4-2-10-19-14/h5-8,14,17H,2,4,9-11H2,(H,16,18). The zero-order valence-electron chi connectivity index (χ0n) is 10.7. The third kappa shape index (κ3) is 4.30. The molecule has 0 aliphatic carbocycles. The van der Waals surface area contributed by atoms with Gasteiger partial charge in [0.2, 0.25) is 0 Å². The van der Waals surface area contributed by atoms with Crippen LogP contribution in [0.15, 0.2) is 24.3 Å². The van der Waals surface area contributed by atoms with E-state index in [2.05, 4.69) is 17.2 Å². The molecule has 0 bridgehead atoms. The van der Waals surface area contributed by atoms with Crippen LogP contribution < -0.4 is 5.32 Å². The fourth-order valence-electron chi connectivity index (χ4n) is 1.96. The molecule has 1 amide bonds. The second-order valence-electron chi connectivity index (χ2n) is 4.38. The molecule has 1 aromatic carbocycles. The molecule has 1 aromatic rings. The van der Waals surface area contributed by atoms with Crippen molar-refractivity contribution < 1.29 is 9.90 Å². The number of nitrogens with one attached hydrogen (secondary N) is 1. The van der Waals surface area contributed by atoms with Gasteiger partial charge < -0.3 is 10.4 Å². The van der Waals surface area contributed by atoms with Crippen LogP contribution in [-0.4, -0.2) is 35.2 Å². The third-order valence-corrected chi connectivity index (χ3v) is 4.37. The van der Waals surface area contributed by atoms with E-state index in [-0.39, 0.29) is 12.5 Å². The van der Waals surface area contributed by atoms with Gasteiger partial charge in [0.05, 0.1) is 0 Å². The Kier molecular flexibility index (Phi) is 5.31. The number of carbonyl (C=O) groups excluding carboxylic acids is 1. The van der Waals surface area contributed by atoms with Crippen LogP contribution in [0, 0.1) is 11.8 Å². The summed E-state index contributed by atoms with van der Waals surface area (Å²) in [4.78, 5) is 11.9. The van der Waals surface area contributed by atoms with Gasteiger partial charge in [0.1, 0.15) is 6.61 Å². The van der Waals surface area contributed by atoms with Gasteiger partial charge in [0.15, 0.2) is 0 Å². The van der Waals surface area contributed by atoms with Crippen LogP contribution in [0.2, 0.25) is 0 Å². The summed E-state index contributed by atoms with van der Waals surface area (Å²) in [5, 5.41) is 12.1. The van der Waals surface area contributed by atoms with E-state index < -0.39 is 0 Å². The Labute approximate surface area is 117 Å². The molecule has 4 heteroatoms. The molecule has 2 N–H and O–H groups in total. The maximum atomic E-state index is 11.9. The van der Waals surface area contributed by atoms with Crippen molar-refractivity contribution in [2.24, 2.45) is 0 Å². The van der Waals surface area contributed by atoms with E-state index in [0.717, 1.165) is 12.1 Å². The van der Waals surface area contributed by atoms with Crippen LogP contribution in [0.25, 0.3) is 0 Å². The first-order valence-corrected chi connectivity index (χ1v) is 7.44. The molecule has 1 unspecified atom stereocenters. The number of rotatable bonds is 3. The maximum Gasteiger partial charge on any atom is 0.251 e. The predicted molar refractivity (Wildman–Crippen MR) is 78.2 cm³/mol. The molecule has 1 atom stereocenters. The van der Waals surface area contributed by atoms with Crippen LogP contribution in [-0.2, 0) is 0 Å². The first-order valence-electron chi connectivity index (χ1n) is 6.39. The summed E-state index contributed by atoms with van der Waals surface area (Å²) in [6.45, 7) is 0.594. The highest BCUT2D eigenvalue weighted by molar-refractivity contribution is 8.00. The minimum Gasteiger partial charge on any atom is -0.384 e. The van der Waals surface area contributed by atoms with Crippen molar-refractivity contribution in [2.75, 3.05) is 18.9 Å². The van der Waals surface area contributed by atoms with Crippen molar-refractivity contribution in [1.82, 2.24) is 5.32 Å². The van der Waals surface area contributed by atoms with E-state index in [1.165, 1.54) is 18.6 Å². The first kappa shape index (κ1) is 14.0. The van der Waals surface area contributed by atoms with Gasteiger partial charge in [0, 0.05) is 22.9 Å². The van der Waals surface area contributed by atoms with E-state index in [4.69, 9.17) is 5.11 Å². The Bertz CT molecular complexity index is 481. The maximum absolute atomic E-state index is 11.9. The lowest BCUT2D eigenvalue weighted by Crippen LogP contribution is -2.29. The van der Waals surface area contributed by atoms with Crippen molar-refractivity contribution >= 4 is 17.7 Å². The lowest BCUT2D eigenvalue weighted by atomic mass is 10.1. The van der Waals surface area contributed by atoms with Crippen molar-refractivity contribution in [3.63, 3.8) is 0 Å². The molecular formula is C15H17NO2S. The zero-order valence-corrected chi connectivity index (χ0v) is 11.5. The van der Waals surface area contributed by atoms with Gasteiger partial charge in [-0.05, 0) is 42.9 Å². The third-order valence-electron chi connectivity index (χ3n) is 2.97. The number of aliphatic hydroxyl groups is 1. The highest BCUT2D eigenvalue weighted by Crippen LogP contribution is 2.25. The second kappa shape index (κ2) is 7.22. The number of thioether (sulfide) groups is 1. The fourth-order valence-corrected chi connectivity index (χ4v) is 3.16. The molecule has 0 spiro atoms. The average molecular weight is 275 g/mol. The highest BCUT2D eigenvalue weighted by Gasteiger charge is 2.16. The van der Waals surface area contributed by atoms with Crippen LogP contribution in [0.3, 0.4) is 0 Å². The number of hydrogen-bond acceptors (Lipinski definition) is 3. The number of aliphatic hydroxyl groups excluding tert-OH is 1. The largest absolute Gasteiger partial charge is 0.384 e. The zero-order chi connectivity index (χ0) is 13.5. The van der Waals surface area contributed by atoms with Gasteiger partial charge in [-0.1, -0.05) is 11.8 Å². The smallest absolute Gasteiger partial charge is 0.251 e. The minimum atomic E-state index is -0.151. The molecule has 100 valence electrons. The van der Waals surface area contributed by atoms with E-state index in [1.54, 1.807) is 24.3 Å². The monoisotopic (exact) mass is 275 g/mol. The summed E-state index contributed by atoms with van der Waals surface area (Å²) in [6, 6.07) is 7.11. The molecule has 0 saturated carbocycles. The molecule has 0 radical (unpaired) electrons. The van der Waals surface area contributed by atoms with Crippen molar-refractivity contribution in [2.45, 2.75) is 18.1 Å². The van der Waals surface area contributed by atoms with Crippen LogP contribution in [0.5, 0.6) is 0 Å². The Morgan fingerprint density at radius 2 is 2.21 bits per heavy atom. The van der Waals surface area contributed by atoms with E-state index in [1.807, 2.05) is 11.8 Å². The number of carbonyl (C=O) groups is 1. The summed E-state index contributed by atoms with van der Waals surface area (Å²) < 4.78 is 0. The Morgan fingerprint density at radius 1 is 1.42 bits per heavy atom. The Hall–Kier alpha value is -1.44.